The minimum absolute atomic E-state index is 0.290. The van der Waals surface area contributed by atoms with Crippen LogP contribution in [0.2, 0.25) is 0 Å². The molecule has 7 heteroatoms. The number of aromatic nitrogens is 2. The van der Waals surface area contributed by atoms with Crippen molar-refractivity contribution in [2.45, 2.75) is 0 Å². The summed E-state index contributed by atoms with van der Waals surface area (Å²) in [5.74, 6) is 4.28. The first-order valence-corrected chi connectivity index (χ1v) is 7.29. The van der Waals surface area contributed by atoms with E-state index in [1.54, 1.807) is 0 Å². The Hall–Kier alpha value is -1.21. The van der Waals surface area contributed by atoms with Crippen LogP contribution >= 0.6 is 11.8 Å². The number of nitrogens with one attached hydrogen (secondary N) is 2. The first-order valence-electron chi connectivity index (χ1n) is 6.14. The van der Waals surface area contributed by atoms with Crippen molar-refractivity contribution in [3.05, 3.63) is 6.07 Å². The van der Waals surface area contributed by atoms with Crippen LogP contribution in [0.25, 0.3) is 0 Å². The third-order valence-electron chi connectivity index (χ3n) is 2.84. The minimum Gasteiger partial charge on any atom is -0.373 e. The monoisotopic (exact) mass is 268 g/mol. The Bertz CT molecular complexity index is 380. The summed E-state index contributed by atoms with van der Waals surface area (Å²) >= 11 is 2.03. The third kappa shape index (κ3) is 3.92. The van der Waals surface area contributed by atoms with Gasteiger partial charge in [-0.1, -0.05) is 0 Å². The lowest BCUT2D eigenvalue weighted by Gasteiger charge is -2.26. The molecule has 1 fully saturated rings. The summed E-state index contributed by atoms with van der Waals surface area (Å²) < 4.78 is 0. The number of anilines is 3. The highest BCUT2D eigenvalue weighted by Crippen LogP contribution is 2.12. The molecule has 4 N–H and O–H groups in total. The molecule has 18 heavy (non-hydrogen) atoms. The lowest BCUT2D eigenvalue weighted by atomic mass is 10.4. The van der Waals surface area contributed by atoms with Crippen molar-refractivity contribution in [2.24, 2.45) is 0 Å². The zero-order chi connectivity index (χ0) is 12.8. The summed E-state index contributed by atoms with van der Waals surface area (Å²) in [5.41, 5.74) is 5.63. The van der Waals surface area contributed by atoms with E-state index >= 15 is 0 Å². The summed E-state index contributed by atoms with van der Waals surface area (Å²) in [4.78, 5) is 10.7. The number of nitrogens with two attached hydrogens (primary N) is 1. The zero-order valence-corrected chi connectivity index (χ0v) is 11.5. The van der Waals surface area contributed by atoms with E-state index in [0.29, 0.717) is 5.95 Å². The predicted molar refractivity (Wildman–Crippen MR) is 78.2 cm³/mol. The highest BCUT2D eigenvalue weighted by atomic mass is 32.2. The molecular weight excluding hydrogens is 248 g/mol. The molecule has 0 radical (unpaired) electrons. The molecular formula is C11H20N6S. The Morgan fingerprint density at radius 2 is 2.06 bits per heavy atom. The molecule has 2 heterocycles. The molecule has 0 bridgehead atoms. The van der Waals surface area contributed by atoms with Crippen molar-refractivity contribution in [2.75, 3.05) is 61.1 Å². The van der Waals surface area contributed by atoms with Crippen LogP contribution in [0.1, 0.15) is 0 Å². The second kappa shape index (κ2) is 6.65. The fourth-order valence-electron chi connectivity index (χ4n) is 1.85. The van der Waals surface area contributed by atoms with Gasteiger partial charge in [-0.05, 0) is 0 Å². The molecule has 6 nitrogen and oxygen atoms in total. The van der Waals surface area contributed by atoms with Gasteiger partial charge in [-0.15, -0.1) is 0 Å². The van der Waals surface area contributed by atoms with E-state index in [0.717, 1.165) is 24.7 Å². The molecule has 0 aromatic carbocycles. The molecule has 2 rings (SSSR count). The topological polar surface area (TPSA) is 79.1 Å². The van der Waals surface area contributed by atoms with Gasteiger partial charge in [0.25, 0.3) is 0 Å². The molecule has 0 saturated carbocycles. The lowest BCUT2D eigenvalue weighted by Crippen LogP contribution is -2.36. The van der Waals surface area contributed by atoms with Crippen LogP contribution in [0.5, 0.6) is 0 Å². The molecule has 100 valence electrons. The predicted octanol–water partition coefficient (Wildman–Crippen LogP) is 0.561. The zero-order valence-electron chi connectivity index (χ0n) is 10.6. The van der Waals surface area contributed by atoms with E-state index in [1.807, 2.05) is 24.9 Å². The van der Waals surface area contributed by atoms with Crippen molar-refractivity contribution in [3.63, 3.8) is 0 Å². The molecule has 1 aromatic heterocycles. The highest BCUT2D eigenvalue weighted by Gasteiger charge is 2.09. The molecule has 0 aliphatic carbocycles. The first kappa shape index (κ1) is 13.2. The first-order chi connectivity index (χ1) is 8.78. The molecule has 1 saturated heterocycles. The Balaban J connectivity index is 1.80. The quantitative estimate of drug-likeness (QED) is 0.720. The number of nitrogen functional groups attached to an aromatic ring is 1. The molecule has 1 aliphatic heterocycles. The fraction of sp³-hybridized carbons (Fsp3) is 0.636. The molecule has 0 unspecified atom stereocenters. The van der Waals surface area contributed by atoms with E-state index in [-0.39, 0.29) is 0 Å². The Labute approximate surface area is 112 Å². The van der Waals surface area contributed by atoms with Crippen molar-refractivity contribution in [1.29, 1.82) is 0 Å². The number of nitrogens with zero attached hydrogens (tertiary/aromatic N) is 3. The summed E-state index contributed by atoms with van der Waals surface area (Å²) in [5, 5.41) is 6.25. The largest absolute Gasteiger partial charge is 0.373 e. The van der Waals surface area contributed by atoms with E-state index in [9.17, 15) is 0 Å². The Morgan fingerprint density at radius 1 is 1.33 bits per heavy atom. The maximum absolute atomic E-state index is 5.63. The van der Waals surface area contributed by atoms with Crippen LogP contribution < -0.4 is 16.4 Å². The number of rotatable bonds is 5. The van der Waals surface area contributed by atoms with E-state index < -0.39 is 0 Å². The normalized spacial score (nSPS) is 16.5. The van der Waals surface area contributed by atoms with Gasteiger partial charge < -0.3 is 16.4 Å². The van der Waals surface area contributed by atoms with Crippen molar-refractivity contribution in [3.8, 4) is 0 Å². The standard InChI is InChI=1S/C11H20N6S/c1-13-9-8-10(16-11(12)15-9)14-2-3-17-4-6-18-7-5-17/h8H,2-7H2,1H3,(H4,12,13,14,15,16). The second-order valence-electron chi connectivity index (χ2n) is 4.13. The number of hydrogen-bond acceptors (Lipinski definition) is 7. The van der Waals surface area contributed by atoms with Crippen LogP contribution in [-0.4, -0.2) is 59.6 Å². The Kier molecular flexibility index (Phi) is 4.89. The van der Waals surface area contributed by atoms with Crippen molar-refractivity contribution in [1.82, 2.24) is 14.9 Å². The van der Waals surface area contributed by atoms with Gasteiger partial charge in [0.1, 0.15) is 11.6 Å². The average molecular weight is 268 g/mol. The average Bonchev–Trinajstić information content (AvgIpc) is 2.39. The smallest absolute Gasteiger partial charge is 0.223 e. The molecule has 1 aromatic rings. The number of hydrogen-bond donors (Lipinski definition) is 3. The van der Waals surface area contributed by atoms with Crippen molar-refractivity contribution < 1.29 is 0 Å². The SMILES string of the molecule is CNc1cc(NCCN2CCSCC2)nc(N)n1. The number of thioether (sulfide) groups is 1. The molecule has 0 amide bonds. The van der Waals surface area contributed by atoms with Gasteiger partial charge in [-0.2, -0.15) is 21.7 Å². The Morgan fingerprint density at radius 3 is 2.78 bits per heavy atom. The molecule has 1 aliphatic rings. The van der Waals surface area contributed by atoms with Gasteiger partial charge in [-0.3, -0.25) is 4.90 Å². The lowest BCUT2D eigenvalue weighted by molar-refractivity contribution is 0.314. The van der Waals surface area contributed by atoms with Crippen LogP contribution in [-0.2, 0) is 0 Å². The summed E-state index contributed by atoms with van der Waals surface area (Å²) in [6.07, 6.45) is 0. The minimum atomic E-state index is 0.290. The molecule has 0 spiro atoms. The van der Waals surface area contributed by atoms with Gasteiger partial charge >= 0.3 is 0 Å². The maximum Gasteiger partial charge on any atom is 0.223 e. The van der Waals surface area contributed by atoms with Crippen LogP contribution in [0.15, 0.2) is 6.07 Å². The summed E-state index contributed by atoms with van der Waals surface area (Å²) in [6.45, 7) is 4.28. The third-order valence-corrected chi connectivity index (χ3v) is 3.78. The summed E-state index contributed by atoms with van der Waals surface area (Å²) in [7, 11) is 1.82. The van der Waals surface area contributed by atoms with Crippen molar-refractivity contribution >= 4 is 29.3 Å². The summed E-state index contributed by atoms with van der Waals surface area (Å²) in [6, 6.07) is 1.86. The van der Waals surface area contributed by atoms with E-state index in [1.165, 1.54) is 24.6 Å². The van der Waals surface area contributed by atoms with Gasteiger partial charge in [0.05, 0.1) is 0 Å². The maximum atomic E-state index is 5.63. The van der Waals surface area contributed by atoms with Crippen LogP contribution in [0.4, 0.5) is 17.6 Å². The van der Waals surface area contributed by atoms with E-state index in [4.69, 9.17) is 5.73 Å². The van der Waals surface area contributed by atoms with Gasteiger partial charge in [-0.25, -0.2) is 0 Å². The van der Waals surface area contributed by atoms with Gasteiger partial charge in [0.15, 0.2) is 0 Å². The van der Waals surface area contributed by atoms with Crippen LogP contribution in [0.3, 0.4) is 0 Å². The van der Waals surface area contributed by atoms with Gasteiger partial charge in [0.2, 0.25) is 5.95 Å². The van der Waals surface area contributed by atoms with E-state index in [2.05, 4.69) is 25.5 Å². The molecule has 0 atom stereocenters. The van der Waals surface area contributed by atoms with Crippen LogP contribution in [0, 0.1) is 0 Å². The van der Waals surface area contributed by atoms with Gasteiger partial charge in [0, 0.05) is 50.8 Å². The second-order valence-corrected chi connectivity index (χ2v) is 5.35. The fourth-order valence-corrected chi connectivity index (χ4v) is 2.83. The highest BCUT2D eigenvalue weighted by molar-refractivity contribution is 7.99.